The SMILES string of the molecule is CCC(O)(Cc1ccc(F)cc1F)[C@@H](O)[C@@](O)(Cc1ccc(F)cc1F)[C@H](O)[C@@H](O)CO. The third-order valence-corrected chi connectivity index (χ3v) is 5.66. The van der Waals surface area contributed by atoms with Crippen molar-refractivity contribution in [3.8, 4) is 0 Å². The van der Waals surface area contributed by atoms with Gasteiger partial charge in [0, 0.05) is 25.0 Å². The highest BCUT2D eigenvalue weighted by Gasteiger charge is 2.54. The van der Waals surface area contributed by atoms with Gasteiger partial charge in [0.15, 0.2) is 0 Å². The van der Waals surface area contributed by atoms with Gasteiger partial charge in [-0.05, 0) is 29.7 Å². The fourth-order valence-electron chi connectivity index (χ4n) is 3.64. The molecule has 0 aliphatic carbocycles. The van der Waals surface area contributed by atoms with E-state index in [0.717, 1.165) is 24.3 Å². The highest BCUT2D eigenvalue weighted by Crippen LogP contribution is 2.35. The Morgan fingerprint density at radius 1 is 0.812 bits per heavy atom. The molecule has 0 radical (unpaired) electrons. The summed E-state index contributed by atoms with van der Waals surface area (Å²) in [6.45, 7) is 0.317. The molecule has 0 aliphatic heterocycles. The van der Waals surface area contributed by atoms with E-state index in [4.69, 9.17) is 0 Å². The molecule has 10 heteroatoms. The summed E-state index contributed by atoms with van der Waals surface area (Å²) in [5.41, 5.74) is -5.81. The van der Waals surface area contributed by atoms with E-state index < -0.39 is 72.2 Å². The summed E-state index contributed by atoms with van der Waals surface area (Å²) in [6, 6.07) is 4.80. The van der Waals surface area contributed by atoms with Crippen LogP contribution in [0.2, 0.25) is 0 Å². The molecule has 0 amide bonds. The first kappa shape index (κ1) is 26.2. The van der Waals surface area contributed by atoms with Crippen LogP contribution in [0.3, 0.4) is 0 Å². The highest BCUT2D eigenvalue weighted by molar-refractivity contribution is 5.25. The molecule has 0 bridgehead atoms. The lowest BCUT2D eigenvalue weighted by molar-refractivity contribution is -0.229. The van der Waals surface area contributed by atoms with Gasteiger partial charge < -0.3 is 30.6 Å². The lowest BCUT2D eigenvalue weighted by Gasteiger charge is -2.45. The molecular weight excluding hydrogens is 436 g/mol. The Bertz CT molecular complexity index is 929. The molecule has 0 heterocycles. The highest BCUT2D eigenvalue weighted by atomic mass is 19.1. The first-order valence-electron chi connectivity index (χ1n) is 9.85. The van der Waals surface area contributed by atoms with Crippen molar-refractivity contribution in [3.63, 3.8) is 0 Å². The zero-order valence-electron chi connectivity index (χ0n) is 17.2. The molecule has 0 fully saturated rings. The Kier molecular flexibility index (Phi) is 8.38. The molecule has 6 nitrogen and oxygen atoms in total. The minimum absolute atomic E-state index is 0.220. The van der Waals surface area contributed by atoms with E-state index in [9.17, 15) is 48.2 Å². The van der Waals surface area contributed by atoms with Crippen molar-refractivity contribution >= 4 is 0 Å². The van der Waals surface area contributed by atoms with E-state index in [1.807, 2.05) is 0 Å². The molecule has 2 aromatic carbocycles. The van der Waals surface area contributed by atoms with Gasteiger partial charge in [0.2, 0.25) is 0 Å². The van der Waals surface area contributed by atoms with Gasteiger partial charge in [-0.25, -0.2) is 17.6 Å². The molecule has 32 heavy (non-hydrogen) atoms. The number of aliphatic hydroxyl groups excluding tert-OH is 4. The van der Waals surface area contributed by atoms with E-state index in [1.54, 1.807) is 0 Å². The van der Waals surface area contributed by atoms with Crippen LogP contribution in [0.5, 0.6) is 0 Å². The van der Waals surface area contributed by atoms with Crippen molar-refractivity contribution in [2.45, 2.75) is 55.7 Å². The van der Waals surface area contributed by atoms with Gasteiger partial charge in [-0.15, -0.1) is 0 Å². The van der Waals surface area contributed by atoms with Crippen molar-refractivity contribution in [3.05, 3.63) is 70.8 Å². The molecule has 6 N–H and O–H groups in total. The molecule has 0 saturated carbocycles. The Morgan fingerprint density at radius 2 is 1.28 bits per heavy atom. The van der Waals surface area contributed by atoms with E-state index in [0.29, 0.717) is 12.1 Å². The summed E-state index contributed by atoms with van der Waals surface area (Å²) in [4.78, 5) is 0. The molecule has 2 aromatic rings. The predicted molar refractivity (Wildman–Crippen MR) is 105 cm³/mol. The Hall–Kier alpha value is -2.08. The number of aliphatic hydroxyl groups is 6. The largest absolute Gasteiger partial charge is 0.394 e. The Morgan fingerprint density at radius 3 is 1.69 bits per heavy atom. The van der Waals surface area contributed by atoms with E-state index in [-0.39, 0.29) is 17.5 Å². The summed E-state index contributed by atoms with van der Waals surface area (Å²) >= 11 is 0. The van der Waals surface area contributed by atoms with Crippen molar-refractivity contribution in [1.82, 2.24) is 0 Å². The van der Waals surface area contributed by atoms with Gasteiger partial charge >= 0.3 is 0 Å². The quantitative estimate of drug-likeness (QED) is 0.293. The molecule has 178 valence electrons. The molecular formula is C22H26F4O6. The standard InChI is InChI=1S/C22H26F4O6/c1-2-21(31,9-12-3-5-14(23)7-16(12)25)20(30)22(32,19(29)18(28)11-27)10-13-4-6-15(24)8-17(13)26/h3-8,18-20,27-32H,2,9-11H2,1H3/t18-,19+,20+,21?,22+/m0/s1. The minimum Gasteiger partial charge on any atom is -0.394 e. The fraction of sp³-hybridized carbons (Fsp3) is 0.455. The summed E-state index contributed by atoms with van der Waals surface area (Å²) in [5, 5.41) is 62.8. The fourth-order valence-corrected chi connectivity index (χ4v) is 3.64. The second-order valence-corrected chi connectivity index (χ2v) is 7.87. The van der Waals surface area contributed by atoms with Gasteiger partial charge in [0.25, 0.3) is 0 Å². The molecule has 0 aliphatic rings. The second-order valence-electron chi connectivity index (χ2n) is 7.87. The lowest BCUT2D eigenvalue weighted by atomic mass is 9.72. The minimum atomic E-state index is -2.87. The summed E-state index contributed by atoms with van der Waals surface area (Å²) in [6.07, 6.45) is -8.52. The van der Waals surface area contributed by atoms with Crippen LogP contribution in [0.25, 0.3) is 0 Å². The van der Waals surface area contributed by atoms with Crippen LogP contribution in [0, 0.1) is 23.3 Å². The smallest absolute Gasteiger partial charge is 0.129 e. The number of benzene rings is 2. The maximum absolute atomic E-state index is 14.2. The van der Waals surface area contributed by atoms with Crippen LogP contribution >= 0.6 is 0 Å². The maximum atomic E-state index is 14.2. The summed E-state index contributed by atoms with van der Waals surface area (Å²) < 4.78 is 54.9. The molecule has 2 rings (SSSR count). The maximum Gasteiger partial charge on any atom is 0.129 e. The second kappa shape index (κ2) is 10.2. The topological polar surface area (TPSA) is 121 Å². The van der Waals surface area contributed by atoms with Crippen molar-refractivity contribution in [2.75, 3.05) is 6.61 Å². The van der Waals surface area contributed by atoms with Crippen LogP contribution in [-0.2, 0) is 12.8 Å². The van der Waals surface area contributed by atoms with Gasteiger partial charge in [-0.1, -0.05) is 19.1 Å². The number of halogens is 4. The molecule has 0 saturated heterocycles. The summed E-state index contributed by atoms with van der Waals surface area (Å²) in [5.74, 6) is -3.97. The third-order valence-electron chi connectivity index (χ3n) is 5.66. The van der Waals surface area contributed by atoms with Crippen LogP contribution in [-0.4, -0.2) is 66.8 Å². The third kappa shape index (κ3) is 5.45. The molecule has 0 spiro atoms. The zero-order valence-corrected chi connectivity index (χ0v) is 17.2. The molecule has 1 unspecified atom stereocenters. The average Bonchev–Trinajstić information content (AvgIpc) is 2.75. The lowest BCUT2D eigenvalue weighted by Crippen LogP contribution is -2.66. The van der Waals surface area contributed by atoms with Crippen LogP contribution in [0.1, 0.15) is 24.5 Å². The Balaban J connectivity index is 2.51. The van der Waals surface area contributed by atoms with Crippen molar-refractivity contribution < 1.29 is 48.2 Å². The Labute approximate surface area is 182 Å². The predicted octanol–water partition coefficient (Wildman–Crippen LogP) is 0.975. The molecule has 5 atom stereocenters. The van der Waals surface area contributed by atoms with Gasteiger partial charge in [-0.2, -0.15) is 0 Å². The van der Waals surface area contributed by atoms with Crippen LogP contribution in [0.4, 0.5) is 17.6 Å². The van der Waals surface area contributed by atoms with Gasteiger partial charge in [-0.3, -0.25) is 0 Å². The van der Waals surface area contributed by atoms with Gasteiger partial charge in [0.1, 0.15) is 47.2 Å². The monoisotopic (exact) mass is 462 g/mol. The van der Waals surface area contributed by atoms with E-state index in [2.05, 4.69) is 0 Å². The van der Waals surface area contributed by atoms with Crippen LogP contribution in [0.15, 0.2) is 36.4 Å². The average molecular weight is 462 g/mol. The van der Waals surface area contributed by atoms with Gasteiger partial charge in [0.05, 0.1) is 12.2 Å². The van der Waals surface area contributed by atoms with Crippen molar-refractivity contribution in [2.24, 2.45) is 0 Å². The molecule has 0 aromatic heterocycles. The number of rotatable bonds is 10. The zero-order chi connectivity index (χ0) is 24.3. The number of hydrogen-bond donors (Lipinski definition) is 6. The van der Waals surface area contributed by atoms with Crippen LogP contribution < -0.4 is 0 Å². The first-order chi connectivity index (χ1) is 14.9. The normalized spacial score (nSPS) is 18.5. The van der Waals surface area contributed by atoms with E-state index in [1.165, 1.54) is 6.92 Å². The summed E-state index contributed by atoms with van der Waals surface area (Å²) in [7, 11) is 0. The number of hydrogen-bond acceptors (Lipinski definition) is 6. The van der Waals surface area contributed by atoms with Crippen molar-refractivity contribution in [1.29, 1.82) is 0 Å². The first-order valence-corrected chi connectivity index (χ1v) is 9.85. The van der Waals surface area contributed by atoms with E-state index >= 15 is 0 Å².